The predicted molar refractivity (Wildman–Crippen MR) is 116 cm³/mol. The number of pyridine rings is 1. The molecule has 0 atom stereocenters. The smallest absolute Gasteiger partial charge is 0.341 e. The molecule has 8 nitrogen and oxygen atoms in total. The van der Waals surface area contributed by atoms with Crippen molar-refractivity contribution in [2.45, 2.75) is 39.3 Å². The second-order valence-corrected chi connectivity index (χ2v) is 7.43. The van der Waals surface area contributed by atoms with Gasteiger partial charge in [-0.1, -0.05) is 6.07 Å². The summed E-state index contributed by atoms with van der Waals surface area (Å²) in [4.78, 5) is 31.0. The Morgan fingerprint density at radius 3 is 2.61 bits per heavy atom. The summed E-state index contributed by atoms with van der Waals surface area (Å²) in [6.45, 7) is 4.39. The molecule has 0 spiro atoms. The minimum atomic E-state index is -0.386. The molecule has 8 heteroatoms. The van der Waals surface area contributed by atoms with E-state index in [2.05, 4.69) is 15.4 Å². The van der Waals surface area contributed by atoms with E-state index in [1.165, 1.54) is 6.20 Å². The van der Waals surface area contributed by atoms with Crippen molar-refractivity contribution in [3.63, 3.8) is 0 Å². The lowest BCUT2D eigenvalue weighted by molar-refractivity contribution is 0.0525. The fraction of sp³-hybridized carbons (Fsp3) is 0.304. The Hall–Kier alpha value is -3.68. The Morgan fingerprint density at radius 2 is 1.97 bits per heavy atom. The number of hydrogen-bond acceptors (Lipinski definition) is 5. The summed E-state index contributed by atoms with van der Waals surface area (Å²) < 4.78 is 6.74. The monoisotopic (exact) mass is 419 g/mol. The van der Waals surface area contributed by atoms with Crippen LogP contribution in [0, 0.1) is 6.92 Å². The van der Waals surface area contributed by atoms with Crippen molar-refractivity contribution in [3.8, 4) is 5.69 Å². The van der Waals surface area contributed by atoms with E-state index in [4.69, 9.17) is 4.74 Å². The van der Waals surface area contributed by atoms with E-state index >= 15 is 0 Å². The zero-order chi connectivity index (χ0) is 21.8. The van der Waals surface area contributed by atoms with Crippen LogP contribution in [-0.2, 0) is 11.3 Å². The number of carbonyl (C=O) groups excluding carboxylic acids is 2. The summed E-state index contributed by atoms with van der Waals surface area (Å²) in [7, 11) is 0. The number of rotatable bonds is 7. The van der Waals surface area contributed by atoms with Crippen molar-refractivity contribution >= 4 is 17.7 Å². The maximum atomic E-state index is 12.9. The minimum Gasteiger partial charge on any atom is -0.462 e. The van der Waals surface area contributed by atoms with Crippen LogP contribution in [0.3, 0.4) is 0 Å². The lowest BCUT2D eigenvalue weighted by Gasteiger charge is -2.22. The number of urea groups is 1. The van der Waals surface area contributed by atoms with Crippen LogP contribution in [0.25, 0.3) is 5.69 Å². The average molecular weight is 419 g/mol. The second-order valence-electron chi connectivity index (χ2n) is 7.43. The number of benzene rings is 1. The Kier molecular flexibility index (Phi) is 5.97. The van der Waals surface area contributed by atoms with Crippen LogP contribution in [0.2, 0.25) is 0 Å². The van der Waals surface area contributed by atoms with E-state index in [-0.39, 0.29) is 18.0 Å². The molecule has 2 heterocycles. The standard InChI is InChI=1S/C23H25N5O3/c1-3-31-22(29)21-14-25-28(16(21)2)20-9-7-17(8-10-20)26-23(30)27(19-11-12-19)15-18-6-4-5-13-24-18/h4-10,13-14,19H,3,11-12,15H2,1-2H3,(H,26,30). The van der Waals surface area contributed by atoms with Crippen LogP contribution in [0.4, 0.5) is 10.5 Å². The molecule has 160 valence electrons. The highest BCUT2D eigenvalue weighted by Gasteiger charge is 2.33. The SMILES string of the molecule is CCOC(=O)c1cnn(-c2ccc(NC(=O)N(Cc3ccccn3)C3CC3)cc2)c1C. The predicted octanol–water partition coefficient (Wildman–Crippen LogP) is 3.95. The molecule has 3 aromatic rings. The van der Waals surface area contributed by atoms with Crippen molar-refractivity contribution in [2.75, 3.05) is 11.9 Å². The molecule has 0 radical (unpaired) electrons. The van der Waals surface area contributed by atoms with Gasteiger partial charge in [-0.15, -0.1) is 0 Å². The maximum Gasteiger partial charge on any atom is 0.341 e. The fourth-order valence-electron chi connectivity index (χ4n) is 3.38. The molecule has 0 bridgehead atoms. The molecule has 1 fully saturated rings. The van der Waals surface area contributed by atoms with Crippen LogP contribution in [0.15, 0.2) is 54.9 Å². The number of ether oxygens (including phenoxy) is 1. The first-order valence-electron chi connectivity index (χ1n) is 10.4. The van der Waals surface area contributed by atoms with Gasteiger partial charge in [-0.25, -0.2) is 14.3 Å². The number of anilines is 1. The molecular formula is C23H25N5O3. The van der Waals surface area contributed by atoms with Crippen molar-refractivity contribution in [3.05, 3.63) is 71.8 Å². The van der Waals surface area contributed by atoms with Gasteiger partial charge in [0.05, 0.1) is 36.4 Å². The molecule has 0 unspecified atom stereocenters. The van der Waals surface area contributed by atoms with Gasteiger partial charge in [0.15, 0.2) is 0 Å². The number of nitrogens with zero attached hydrogens (tertiary/aromatic N) is 4. The van der Waals surface area contributed by atoms with Gasteiger partial charge in [0.25, 0.3) is 0 Å². The van der Waals surface area contributed by atoms with Crippen molar-refractivity contribution in [2.24, 2.45) is 0 Å². The summed E-state index contributed by atoms with van der Waals surface area (Å²) in [5, 5.41) is 7.27. The van der Waals surface area contributed by atoms with Crippen LogP contribution >= 0.6 is 0 Å². The number of hydrogen-bond donors (Lipinski definition) is 1. The first-order valence-corrected chi connectivity index (χ1v) is 10.4. The van der Waals surface area contributed by atoms with Gasteiger partial charge in [-0.3, -0.25) is 4.98 Å². The van der Waals surface area contributed by atoms with Gasteiger partial charge >= 0.3 is 12.0 Å². The van der Waals surface area contributed by atoms with Crippen LogP contribution < -0.4 is 5.32 Å². The van der Waals surface area contributed by atoms with E-state index in [9.17, 15) is 9.59 Å². The molecular weight excluding hydrogens is 394 g/mol. The van der Waals surface area contributed by atoms with Gasteiger partial charge in [0.1, 0.15) is 5.56 Å². The highest BCUT2D eigenvalue weighted by atomic mass is 16.5. The highest BCUT2D eigenvalue weighted by Crippen LogP contribution is 2.29. The van der Waals surface area contributed by atoms with Gasteiger partial charge < -0.3 is 15.0 Å². The molecule has 1 N–H and O–H groups in total. The van der Waals surface area contributed by atoms with Gasteiger partial charge in [0.2, 0.25) is 0 Å². The largest absolute Gasteiger partial charge is 0.462 e. The topological polar surface area (TPSA) is 89.3 Å². The Labute approximate surface area is 180 Å². The zero-order valence-corrected chi connectivity index (χ0v) is 17.6. The third-order valence-corrected chi connectivity index (χ3v) is 5.18. The number of esters is 1. The van der Waals surface area contributed by atoms with Crippen molar-refractivity contribution in [1.82, 2.24) is 19.7 Å². The fourth-order valence-corrected chi connectivity index (χ4v) is 3.38. The molecule has 2 amide bonds. The number of aromatic nitrogens is 3. The molecule has 2 aromatic heterocycles. The lowest BCUT2D eigenvalue weighted by atomic mass is 10.2. The zero-order valence-electron chi connectivity index (χ0n) is 17.6. The van der Waals surface area contributed by atoms with E-state index in [0.717, 1.165) is 24.2 Å². The van der Waals surface area contributed by atoms with E-state index in [0.29, 0.717) is 30.1 Å². The summed E-state index contributed by atoms with van der Waals surface area (Å²) in [5.74, 6) is -0.386. The number of nitrogens with one attached hydrogen (secondary N) is 1. The lowest BCUT2D eigenvalue weighted by Crippen LogP contribution is -2.36. The summed E-state index contributed by atoms with van der Waals surface area (Å²) in [6, 6.07) is 13.2. The van der Waals surface area contributed by atoms with Crippen molar-refractivity contribution in [1.29, 1.82) is 0 Å². The van der Waals surface area contributed by atoms with E-state index in [1.54, 1.807) is 17.8 Å². The highest BCUT2D eigenvalue weighted by molar-refractivity contribution is 5.91. The molecule has 1 aliphatic rings. The van der Waals surface area contributed by atoms with Gasteiger partial charge in [-0.2, -0.15) is 5.10 Å². The Bertz CT molecular complexity index is 1060. The summed E-state index contributed by atoms with van der Waals surface area (Å²) in [6.07, 6.45) is 5.27. The molecule has 0 aliphatic heterocycles. The maximum absolute atomic E-state index is 12.9. The Balaban J connectivity index is 1.45. The first kappa shape index (κ1) is 20.6. The minimum absolute atomic E-state index is 0.138. The quantitative estimate of drug-likeness (QED) is 0.586. The van der Waals surface area contributed by atoms with Crippen LogP contribution in [0.5, 0.6) is 0 Å². The number of amides is 2. The first-order chi connectivity index (χ1) is 15.1. The normalized spacial score (nSPS) is 13.0. The third kappa shape index (κ3) is 4.74. The molecule has 31 heavy (non-hydrogen) atoms. The van der Waals surface area contributed by atoms with Crippen molar-refractivity contribution < 1.29 is 14.3 Å². The Morgan fingerprint density at radius 1 is 1.19 bits per heavy atom. The summed E-state index contributed by atoms with van der Waals surface area (Å²) in [5.41, 5.74) is 3.49. The third-order valence-electron chi connectivity index (χ3n) is 5.18. The molecule has 4 rings (SSSR count). The number of carbonyl (C=O) groups is 2. The molecule has 1 aliphatic carbocycles. The van der Waals surface area contributed by atoms with Crippen LogP contribution in [0.1, 0.15) is 41.5 Å². The molecule has 1 aromatic carbocycles. The average Bonchev–Trinajstić information content (AvgIpc) is 3.55. The second kappa shape index (κ2) is 8.99. The van der Waals surface area contributed by atoms with Gasteiger partial charge in [-0.05, 0) is 63.1 Å². The van der Waals surface area contributed by atoms with Crippen LogP contribution in [-0.4, -0.2) is 44.3 Å². The molecule has 0 saturated heterocycles. The molecule has 1 saturated carbocycles. The summed E-state index contributed by atoms with van der Waals surface area (Å²) >= 11 is 0. The van der Waals surface area contributed by atoms with Gasteiger partial charge in [0, 0.05) is 17.9 Å². The van der Waals surface area contributed by atoms with E-state index in [1.807, 2.05) is 54.3 Å². The van der Waals surface area contributed by atoms with E-state index < -0.39 is 0 Å².